The van der Waals surface area contributed by atoms with Gasteiger partial charge >= 0.3 is 12.4 Å². The van der Waals surface area contributed by atoms with E-state index in [1.54, 1.807) is 0 Å². The number of hydrogen-bond acceptors (Lipinski definition) is 3. The van der Waals surface area contributed by atoms with E-state index in [1.165, 1.54) is 19.9 Å². The number of amides is 1. The second-order valence-electron chi connectivity index (χ2n) is 6.21. The number of halogens is 6. The average Bonchev–Trinajstić information content (AvgIpc) is 2.55. The van der Waals surface area contributed by atoms with E-state index in [4.69, 9.17) is 5.14 Å². The van der Waals surface area contributed by atoms with Crippen LogP contribution in [-0.4, -0.2) is 14.3 Å². The third-order valence-electron chi connectivity index (χ3n) is 4.07. The standard InChI is InChI=1S/C17H14F6N2O3S/c1-8-3-13(29(24,27)28)7-14(9(8)2)25-15(26)10-4-11(16(18,19)20)6-12(5-10)17(21,22)23/h3-7H,1-2H3,(H,25,26)(H2,24,27,28). The highest BCUT2D eigenvalue weighted by Gasteiger charge is 2.37. The topological polar surface area (TPSA) is 89.3 Å². The monoisotopic (exact) mass is 440 g/mol. The largest absolute Gasteiger partial charge is 0.416 e. The highest BCUT2D eigenvalue weighted by molar-refractivity contribution is 7.89. The van der Waals surface area contributed by atoms with Gasteiger partial charge in [0.05, 0.1) is 16.0 Å². The van der Waals surface area contributed by atoms with Crippen LogP contribution >= 0.6 is 0 Å². The lowest BCUT2D eigenvalue weighted by atomic mass is 10.0. The molecule has 1 amide bonds. The number of sulfonamides is 1. The van der Waals surface area contributed by atoms with Crippen molar-refractivity contribution in [3.63, 3.8) is 0 Å². The second-order valence-corrected chi connectivity index (χ2v) is 7.77. The van der Waals surface area contributed by atoms with Crippen molar-refractivity contribution in [2.75, 3.05) is 5.32 Å². The summed E-state index contributed by atoms with van der Waals surface area (Å²) in [6.07, 6.45) is -10.2. The van der Waals surface area contributed by atoms with E-state index in [1.807, 2.05) is 0 Å². The lowest BCUT2D eigenvalue weighted by Crippen LogP contribution is -2.18. The van der Waals surface area contributed by atoms with Gasteiger partial charge in [0.2, 0.25) is 10.0 Å². The van der Waals surface area contributed by atoms with Crippen molar-refractivity contribution in [2.45, 2.75) is 31.1 Å². The number of rotatable bonds is 3. The van der Waals surface area contributed by atoms with E-state index in [2.05, 4.69) is 5.32 Å². The molecule has 0 aromatic heterocycles. The molecule has 0 saturated carbocycles. The molecule has 0 spiro atoms. The Labute approximate surface area is 161 Å². The maximum Gasteiger partial charge on any atom is 0.416 e. The first-order valence-electron chi connectivity index (χ1n) is 7.75. The molecule has 29 heavy (non-hydrogen) atoms. The SMILES string of the molecule is Cc1cc(S(N)(=O)=O)cc(NC(=O)c2cc(C(F)(F)F)cc(C(F)(F)F)c2)c1C. The molecule has 12 heteroatoms. The van der Waals surface area contributed by atoms with Crippen LogP contribution in [0.25, 0.3) is 0 Å². The number of nitrogens with one attached hydrogen (secondary N) is 1. The highest BCUT2D eigenvalue weighted by atomic mass is 32.2. The fraction of sp³-hybridized carbons (Fsp3) is 0.235. The number of alkyl halides is 6. The molecular weight excluding hydrogens is 426 g/mol. The Morgan fingerprint density at radius 1 is 0.897 bits per heavy atom. The van der Waals surface area contributed by atoms with Crippen LogP contribution in [0.5, 0.6) is 0 Å². The fourth-order valence-electron chi connectivity index (χ4n) is 2.40. The zero-order valence-corrected chi connectivity index (χ0v) is 15.7. The van der Waals surface area contributed by atoms with Crippen LogP contribution in [0.2, 0.25) is 0 Å². The Bertz CT molecular complexity index is 1040. The van der Waals surface area contributed by atoms with Crippen molar-refractivity contribution in [1.29, 1.82) is 0 Å². The summed E-state index contributed by atoms with van der Waals surface area (Å²) in [5, 5.41) is 7.18. The molecule has 3 N–H and O–H groups in total. The van der Waals surface area contributed by atoms with E-state index >= 15 is 0 Å². The van der Waals surface area contributed by atoms with E-state index in [0.29, 0.717) is 11.1 Å². The van der Waals surface area contributed by atoms with Crippen molar-refractivity contribution in [3.05, 3.63) is 58.1 Å². The molecule has 0 saturated heterocycles. The summed E-state index contributed by atoms with van der Waals surface area (Å²) in [7, 11) is -4.17. The summed E-state index contributed by atoms with van der Waals surface area (Å²) in [6, 6.07) is 2.63. The summed E-state index contributed by atoms with van der Waals surface area (Å²) < 4.78 is 101. The van der Waals surface area contributed by atoms with Crippen molar-refractivity contribution in [1.82, 2.24) is 0 Å². The summed E-state index contributed by atoms with van der Waals surface area (Å²) >= 11 is 0. The molecule has 0 aliphatic rings. The molecule has 2 aromatic carbocycles. The van der Waals surface area contributed by atoms with Gasteiger partial charge in [-0.15, -0.1) is 0 Å². The maximum atomic E-state index is 12.9. The molecule has 0 bridgehead atoms. The summed E-state index contributed by atoms with van der Waals surface area (Å²) in [5.74, 6) is -1.28. The van der Waals surface area contributed by atoms with Gasteiger partial charge in [0.25, 0.3) is 5.91 Å². The number of benzene rings is 2. The summed E-state index contributed by atoms with van der Waals surface area (Å²) in [6.45, 7) is 2.97. The lowest BCUT2D eigenvalue weighted by molar-refractivity contribution is -0.143. The van der Waals surface area contributed by atoms with Crippen molar-refractivity contribution >= 4 is 21.6 Å². The van der Waals surface area contributed by atoms with Crippen LogP contribution in [0, 0.1) is 13.8 Å². The molecule has 0 heterocycles. The zero-order valence-electron chi connectivity index (χ0n) is 14.9. The number of nitrogens with two attached hydrogens (primary N) is 1. The maximum absolute atomic E-state index is 12.9. The van der Waals surface area contributed by atoms with Crippen LogP contribution < -0.4 is 10.5 Å². The third-order valence-corrected chi connectivity index (χ3v) is 4.96. The minimum atomic E-state index is -5.11. The van der Waals surface area contributed by atoms with Gasteiger partial charge in [0.1, 0.15) is 0 Å². The second kappa shape index (κ2) is 7.34. The number of carbonyl (C=O) groups is 1. The molecule has 0 atom stereocenters. The van der Waals surface area contributed by atoms with E-state index in [0.717, 1.165) is 6.07 Å². The Morgan fingerprint density at radius 2 is 1.38 bits per heavy atom. The van der Waals surface area contributed by atoms with Gasteiger partial charge in [-0.05, 0) is 55.3 Å². The molecule has 0 aliphatic heterocycles. The Morgan fingerprint density at radius 3 is 1.79 bits per heavy atom. The Hall–Kier alpha value is -2.60. The van der Waals surface area contributed by atoms with Gasteiger partial charge in [-0.3, -0.25) is 4.79 Å². The fourth-order valence-corrected chi connectivity index (χ4v) is 3.02. The Kier molecular flexibility index (Phi) is 5.74. The first kappa shape index (κ1) is 22.7. The van der Waals surface area contributed by atoms with E-state index in [9.17, 15) is 39.6 Å². The van der Waals surface area contributed by atoms with Crippen molar-refractivity contribution in [3.8, 4) is 0 Å². The predicted molar refractivity (Wildman–Crippen MR) is 91.7 cm³/mol. The van der Waals surface area contributed by atoms with Gasteiger partial charge in [-0.1, -0.05) is 0 Å². The van der Waals surface area contributed by atoms with E-state index < -0.39 is 45.0 Å². The van der Waals surface area contributed by atoms with Gasteiger partial charge in [-0.2, -0.15) is 26.3 Å². The molecule has 2 rings (SSSR count). The average molecular weight is 440 g/mol. The first-order chi connectivity index (χ1) is 13.0. The van der Waals surface area contributed by atoms with E-state index in [-0.39, 0.29) is 28.8 Å². The number of aryl methyl sites for hydroxylation is 1. The van der Waals surface area contributed by atoms with Crippen molar-refractivity contribution < 1.29 is 39.6 Å². The smallest absolute Gasteiger partial charge is 0.322 e. The quantitative estimate of drug-likeness (QED) is 0.700. The summed E-state index contributed by atoms with van der Waals surface area (Å²) in [5.41, 5.74) is -3.58. The molecule has 0 unspecified atom stereocenters. The van der Waals surface area contributed by atoms with Crippen LogP contribution in [0.3, 0.4) is 0 Å². The molecule has 0 radical (unpaired) electrons. The van der Waals surface area contributed by atoms with Gasteiger partial charge in [0, 0.05) is 11.3 Å². The number of carbonyl (C=O) groups excluding carboxylic acids is 1. The highest BCUT2D eigenvalue weighted by Crippen LogP contribution is 2.36. The van der Waals surface area contributed by atoms with Gasteiger partial charge in [0.15, 0.2) is 0 Å². The predicted octanol–water partition coefficient (Wildman–Crippen LogP) is 4.24. The minimum absolute atomic E-state index is 0.103. The van der Waals surface area contributed by atoms with Gasteiger partial charge in [-0.25, -0.2) is 13.6 Å². The molecule has 5 nitrogen and oxygen atoms in total. The van der Waals surface area contributed by atoms with Crippen LogP contribution in [-0.2, 0) is 22.4 Å². The third kappa shape index (κ3) is 5.26. The zero-order chi connectivity index (χ0) is 22.4. The van der Waals surface area contributed by atoms with Crippen LogP contribution in [0.1, 0.15) is 32.6 Å². The number of primary sulfonamides is 1. The van der Waals surface area contributed by atoms with Crippen LogP contribution in [0.4, 0.5) is 32.0 Å². The molecule has 0 fully saturated rings. The molecular formula is C17H14F6N2O3S. The summed E-state index contributed by atoms with van der Waals surface area (Å²) in [4.78, 5) is 12.0. The molecule has 0 aliphatic carbocycles. The number of anilines is 1. The normalized spacial score (nSPS) is 12.7. The molecule has 158 valence electrons. The first-order valence-corrected chi connectivity index (χ1v) is 9.29. The van der Waals surface area contributed by atoms with Crippen LogP contribution in [0.15, 0.2) is 35.2 Å². The molecule has 2 aromatic rings. The van der Waals surface area contributed by atoms with Gasteiger partial charge < -0.3 is 5.32 Å². The van der Waals surface area contributed by atoms with Crippen molar-refractivity contribution in [2.24, 2.45) is 5.14 Å². The lowest BCUT2D eigenvalue weighted by Gasteiger charge is -2.16. The Balaban J connectivity index is 2.55. The minimum Gasteiger partial charge on any atom is -0.322 e. The number of hydrogen-bond donors (Lipinski definition) is 2.